The molecule has 0 heterocycles. The third-order valence-electron chi connectivity index (χ3n) is 4.42. The van der Waals surface area contributed by atoms with Gasteiger partial charge in [-0.25, -0.2) is 0 Å². The molecule has 110 valence electrons. The van der Waals surface area contributed by atoms with Crippen LogP contribution in [0.15, 0.2) is 34.8 Å². The minimum absolute atomic E-state index is 0.00197. The van der Waals surface area contributed by atoms with Crippen LogP contribution in [0.1, 0.15) is 12.0 Å². The van der Waals surface area contributed by atoms with Gasteiger partial charge in [0.2, 0.25) is 5.91 Å². The van der Waals surface area contributed by atoms with Gasteiger partial charge in [0.15, 0.2) is 0 Å². The maximum absolute atomic E-state index is 12.5. The molecule has 1 aromatic rings. The van der Waals surface area contributed by atoms with E-state index in [-0.39, 0.29) is 17.7 Å². The zero-order chi connectivity index (χ0) is 15.1. The number of aliphatic carboxylic acids is 1. The number of carbonyl (C=O) groups is 2. The second-order valence-corrected chi connectivity index (χ2v) is 6.65. The van der Waals surface area contributed by atoms with Crippen molar-refractivity contribution in [3.8, 4) is 0 Å². The summed E-state index contributed by atoms with van der Waals surface area (Å²) < 4.78 is 0.791. The van der Waals surface area contributed by atoms with Gasteiger partial charge in [-0.15, -0.1) is 0 Å². The number of nitrogens with one attached hydrogen (secondary N) is 1. The van der Waals surface area contributed by atoms with Crippen molar-refractivity contribution in [2.24, 2.45) is 23.7 Å². The summed E-state index contributed by atoms with van der Waals surface area (Å²) in [5, 5.41) is 14.2. The Bertz CT molecular complexity index is 640. The summed E-state index contributed by atoms with van der Waals surface area (Å²) in [5.41, 5.74) is 1.74. The van der Waals surface area contributed by atoms with E-state index in [1.54, 1.807) is 0 Å². The van der Waals surface area contributed by atoms with Crippen molar-refractivity contribution in [2.75, 3.05) is 5.32 Å². The van der Waals surface area contributed by atoms with Crippen LogP contribution in [0.2, 0.25) is 0 Å². The van der Waals surface area contributed by atoms with Gasteiger partial charge >= 0.3 is 0 Å². The first-order valence-electron chi connectivity index (χ1n) is 6.93. The molecule has 1 N–H and O–H groups in total. The largest absolute Gasteiger partial charge is 0.550 e. The molecule has 4 nitrogen and oxygen atoms in total. The van der Waals surface area contributed by atoms with E-state index in [0.29, 0.717) is 5.69 Å². The molecule has 1 fully saturated rings. The van der Waals surface area contributed by atoms with E-state index in [4.69, 9.17) is 0 Å². The average Bonchev–Trinajstić information content (AvgIpc) is 3.02. The number of allylic oxidation sites excluding steroid dienone is 2. The molecule has 5 heteroatoms. The number of hydrogen-bond acceptors (Lipinski definition) is 3. The number of amides is 1. The third kappa shape index (κ3) is 2.50. The van der Waals surface area contributed by atoms with E-state index in [9.17, 15) is 14.7 Å². The molecule has 0 unspecified atom stereocenters. The smallest absolute Gasteiger partial charge is 0.228 e. The second-order valence-electron chi connectivity index (χ2n) is 5.79. The van der Waals surface area contributed by atoms with Crippen LogP contribution in [0, 0.1) is 30.6 Å². The predicted molar refractivity (Wildman–Crippen MR) is 80.2 cm³/mol. The fourth-order valence-corrected chi connectivity index (χ4v) is 4.03. The van der Waals surface area contributed by atoms with Gasteiger partial charge in [0, 0.05) is 16.4 Å². The van der Waals surface area contributed by atoms with Crippen molar-refractivity contribution in [3.05, 3.63) is 40.4 Å². The molecule has 0 radical (unpaired) electrons. The molecule has 21 heavy (non-hydrogen) atoms. The highest BCUT2D eigenvalue weighted by atomic mass is 79.9. The third-order valence-corrected chi connectivity index (χ3v) is 5.07. The fourth-order valence-electron chi connectivity index (χ4n) is 3.44. The average molecular weight is 349 g/mol. The molecule has 2 bridgehead atoms. The lowest BCUT2D eigenvalue weighted by atomic mass is 9.82. The number of hydrogen-bond donors (Lipinski definition) is 1. The molecule has 4 atom stereocenters. The number of fused-ring (bicyclic) bond motifs is 2. The molecular weight excluding hydrogens is 334 g/mol. The molecule has 1 amide bonds. The zero-order valence-corrected chi connectivity index (χ0v) is 13.1. The lowest BCUT2D eigenvalue weighted by molar-refractivity contribution is -0.313. The number of anilines is 1. The van der Waals surface area contributed by atoms with Crippen molar-refractivity contribution >= 4 is 33.5 Å². The summed E-state index contributed by atoms with van der Waals surface area (Å²) in [4.78, 5) is 23.8. The van der Waals surface area contributed by atoms with Crippen LogP contribution in [0.5, 0.6) is 0 Å². The molecule has 0 aromatic heterocycles. The number of aryl methyl sites for hydroxylation is 1. The molecule has 2 aliphatic rings. The molecule has 0 spiro atoms. The number of carboxylic acid groups (broad SMARTS) is 1. The number of benzene rings is 1. The van der Waals surface area contributed by atoms with E-state index in [0.717, 1.165) is 16.5 Å². The number of rotatable bonds is 3. The maximum Gasteiger partial charge on any atom is 0.228 e. The van der Waals surface area contributed by atoms with Gasteiger partial charge in [0.1, 0.15) is 0 Å². The Morgan fingerprint density at radius 1 is 1.24 bits per heavy atom. The SMILES string of the molecule is Cc1ccc(NC(=O)[C@@H]2[C@@H](C(=O)[O-])[C@H]3C=C[C@H]2C3)c(Br)c1. The van der Waals surface area contributed by atoms with Gasteiger partial charge in [-0.05, 0) is 58.8 Å². The van der Waals surface area contributed by atoms with Gasteiger partial charge in [-0.1, -0.05) is 18.2 Å². The Balaban J connectivity index is 1.82. The van der Waals surface area contributed by atoms with Gasteiger partial charge in [0.25, 0.3) is 0 Å². The molecule has 1 saturated carbocycles. The molecule has 2 aliphatic carbocycles. The van der Waals surface area contributed by atoms with Crippen LogP contribution in [0.25, 0.3) is 0 Å². The molecule has 0 saturated heterocycles. The Labute approximate surface area is 131 Å². The topological polar surface area (TPSA) is 69.2 Å². The molecule has 3 rings (SSSR count). The van der Waals surface area contributed by atoms with Crippen LogP contribution >= 0.6 is 15.9 Å². The van der Waals surface area contributed by atoms with Crippen LogP contribution in [-0.2, 0) is 9.59 Å². The fraction of sp³-hybridized carbons (Fsp3) is 0.375. The zero-order valence-electron chi connectivity index (χ0n) is 11.5. The Morgan fingerprint density at radius 2 is 1.90 bits per heavy atom. The van der Waals surface area contributed by atoms with Crippen LogP contribution in [0.3, 0.4) is 0 Å². The first kappa shape index (κ1) is 14.3. The minimum atomic E-state index is -1.13. The quantitative estimate of drug-likeness (QED) is 0.848. The molecular formula is C16H15BrNO3-. The standard InChI is InChI=1S/C16H16BrNO3/c1-8-2-5-12(11(17)6-8)18-15(19)13-9-3-4-10(7-9)14(13)16(20)21/h2-6,9-10,13-14H,7H2,1H3,(H,18,19)(H,20,21)/p-1/t9-,10-,13-,14-/m0/s1. The van der Waals surface area contributed by atoms with Gasteiger partial charge in [-0.3, -0.25) is 4.79 Å². The van der Waals surface area contributed by atoms with Crippen LogP contribution in [-0.4, -0.2) is 11.9 Å². The highest BCUT2D eigenvalue weighted by Gasteiger charge is 2.48. The Hall–Kier alpha value is -1.62. The summed E-state index contributed by atoms with van der Waals surface area (Å²) in [7, 11) is 0. The second kappa shape index (κ2) is 5.30. The summed E-state index contributed by atoms with van der Waals surface area (Å²) in [6.07, 6.45) is 4.58. The number of carbonyl (C=O) groups excluding carboxylic acids is 2. The molecule has 1 aromatic carbocycles. The van der Waals surface area contributed by atoms with E-state index in [2.05, 4.69) is 21.2 Å². The summed E-state index contributed by atoms with van der Waals surface area (Å²) in [5.74, 6) is -2.71. The maximum atomic E-state index is 12.5. The predicted octanol–water partition coefficient (Wildman–Crippen LogP) is 1.88. The normalized spacial score (nSPS) is 29.6. The highest BCUT2D eigenvalue weighted by molar-refractivity contribution is 9.10. The van der Waals surface area contributed by atoms with E-state index >= 15 is 0 Å². The van der Waals surface area contributed by atoms with E-state index in [1.807, 2.05) is 37.3 Å². The first-order chi connectivity index (χ1) is 9.97. The Morgan fingerprint density at radius 3 is 2.52 bits per heavy atom. The van der Waals surface area contributed by atoms with Crippen molar-refractivity contribution < 1.29 is 14.7 Å². The van der Waals surface area contributed by atoms with Crippen molar-refractivity contribution in [2.45, 2.75) is 13.3 Å². The van der Waals surface area contributed by atoms with Gasteiger partial charge < -0.3 is 15.2 Å². The van der Waals surface area contributed by atoms with Gasteiger partial charge in [-0.2, -0.15) is 0 Å². The van der Waals surface area contributed by atoms with E-state index < -0.39 is 17.8 Å². The first-order valence-corrected chi connectivity index (χ1v) is 7.73. The summed E-state index contributed by atoms with van der Waals surface area (Å²) in [6.45, 7) is 1.96. The van der Waals surface area contributed by atoms with Crippen LogP contribution < -0.4 is 10.4 Å². The molecule has 0 aliphatic heterocycles. The van der Waals surface area contributed by atoms with E-state index in [1.165, 1.54) is 0 Å². The number of halogens is 1. The Kier molecular flexibility index (Phi) is 3.61. The van der Waals surface area contributed by atoms with Gasteiger partial charge in [0.05, 0.1) is 11.6 Å². The lowest BCUT2D eigenvalue weighted by Crippen LogP contribution is -2.42. The summed E-state index contributed by atoms with van der Waals surface area (Å²) in [6, 6.07) is 5.62. The lowest BCUT2D eigenvalue weighted by Gasteiger charge is -2.28. The number of carboxylic acids is 1. The van der Waals surface area contributed by atoms with Crippen molar-refractivity contribution in [1.29, 1.82) is 0 Å². The minimum Gasteiger partial charge on any atom is -0.550 e. The monoisotopic (exact) mass is 348 g/mol. The van der Waals surface area contributed by atoms with Crippen molar-refractivity contribution in [1.82, 2.24) is 0 Å². The highest BCUT2D eigenvalue weighted by Crippen LogP contribution is 2.48. The van der Waals surface area contributed by atoms with Crippen molar-refractivity contribution in [3.63, 3.8) is 0 Å². The summed E-state index contributed by atoms with van der Waals surface area (Å²) >= 11 is 3.41. The van der Waals surface area contributed by atoms with Crippen LogP contribution in [0.4, 0.5) is 5.69 Å².